The third kappa shape index (κ3) is 6.64. The SMILES string of the molecule is Cc1ccc(NC(=O)C[NH+]2CCN(C(=O)C[NH+](C)Cc3ccc(F)cc3)CC2)cc1. The van der Waals surface area contributed by atoms with E-state index in [1.165, 1.54) is 17.0 Å². The lowest BCUT2D eigenvalue weighted by Crippen LogP contribution is -3.16. The summed E-state index contributed by atoms with van der Waals surface area (Å²) < 4.78 is 13.0. The van der Waals surface area contributed by atoms with Gasteiger partial charge in [0.2, 0.25) is 0 Å². The number of nitrogens with zero attached hydrogens (tertiary/aromatic N) is 1. The number of hydrogen-bond donors (Lipinski definition) is 3. The monoisotopic (exact) mass is 414 g/mol. The molecule has 30 heavy (non-hydrogen) atoms. The highest BCUT2D eigenvalue weighted by Gasteiger charge is 2.26. The van der Waals surface area contributed by atoms with Crippen LogP contribution in [0.3, 0.4) is 0 Å². The predicted octanol–water partition coefficient (Wildman–Crippen LogP) is -0.485. The van der Waals surface area contributed by atoms with E-state index in [9.17, 15) is 14.0 Å². The Morgan fingerprint density at radius 3 is 2.33 bits per heavy atom. The average Bonchev–Trinajstić information content (AvgIpc) is 2.72. The first-order chi connectivity index (χ1) is 14.4. The van der Waals surface area contributed by atoms with Crippen LogP contribution in [-0.2, 0) is 16.1 Å². The fourth-order valence-corrected chi connectivity index (χ4v) is 3.70. The molecule has 0 spiro atoms. The molecule has 160 valence electrons. The number of nitrogens with one attached hydrogen (secondary N) is 3. The number of halogens is 1. The van der Waals surface area contributed by atoms with Gasteiger partial charge in [0.1, 0.15) is 12.4 Å². The second-order valence-electron chi connectivity index (χ2n) is 8.16. The van der Waals surface area contributed by atoms with Crippen molar-refractivity contribution in [2.24, 2.45) is 0 Å². The smallest absolute Gasteiger partial charge is 0.279 e. The Kier molecular flexibility index (Phi) is 7.54. The molecule has 1 aliphatic rings. The number of aryl methyl sites for hydroxylation is 1. The molecule has 1 saturated heterocycles. The van der Waals surface area contributed by atoms with Gasteiger partial charge >= 0.3 is 0 Å². The first kappa shape index (κ1) is 21.9. The van der Waals surface area contributed by atoms with Gasteiger partial charge < -0.3 is 20.0 Å². The van der Waals surface area contributed by atoms with E-state index in [0.29, 0.717) is 32.7 Å². The highest BCUT2D eigenvalue weighted by Crippen LogP contribution is 2.07. The third-order valence-electron chi connectivity index (χ3n) is 5.44. The maximum absolute atomic E-state index is 13.0. The number of carbonyl (C=O) groups excluding carboxylic acids is 2. The van der Waals surface area contributed by atoms with Gasteiger partial charge in [0.05, 0.1) is 33.2 Å². The van der Waals surface area contributed by atoms with Crippen molar-refractivity contribution in [1.29, 1.82) is 0 Å². The molecular weight excluding hydrogens is 383 g/mol. The molecule has 0 radical (unpaired) electrons. The van der Waals surface area contributed by atoms with Gasteiger partial charge in [-0.25, -0.2) is 4.39 Å². The molecule has 0 aromatic heterocycles. The molecule has 3 N–H and O–H groups in total. The molecule has 2 amide bonds. The topological polar surface area (TPSA) is 58.3 Å². The Morgan fingerprint density at radius 2 is 1.70 bits per heavy atom. The van der Waals surface area contributed by atoms with Crippen LogP contribution in [0.1, 0.15) is 11.1 Å². The van der Waals surface area contributed by atoms with Gasteiger partial charge in [0.25, 0.3) is 11.8 Å². The Labute approximate surface area is 177 Å². The number of amides is 2. The van der Waals surface area contributed by atoms with E-state index >= 15 is 0 Å². The molecule has 1 unspecified atom stereocenters. The molecule has 1 heterocycles. The number of likely N-dealkylation sites (N-methyl/N-ethyl adjacent to an activating group) is 1. The van der Waals surface area contributed by atoms with Gasteiger partial charge in [-0.05, 0) is 31.2 Å². The van der Waals surface area contributed by atoms with Crippen LogP contribution in [0, 0.1) is 12.7 Å². The minimum absolute atomic E-state index is 0.00268. The Morgan fingerprint density at radius 1 is 1.07 bits per heavy atom. The first-order valence-corrected chi connectivity index (χ1v) is 10.4. The summed E-state index contributed by atoms with van der Waals surface area (Å²) in [6.45, 7) is 6.36. The maximum atomic E-state index is 13.0. The molecule has 6 nitrogen and oxygen atoms in total. The molecule has 1 atom stereocenters. The van der Waals surface area contributed by atoms with E-state index < -0.39 is 0 Å². The molecular formula is C23H31FN4O2+2. The van der Waals surface area contributed by atoms with Crippen LogP contribution < -0.4 is 15.1 Å². The summed E-state index contributed by atoms with van der Waals surface area (Å²) in [6.07, 6.45) is 0. The zero-order valence-corrected chi connectivity index (χ0v) is 17.7. The molecule has 3 rings (SSSR count). The van der Waals surface area contributed by atoms with Crippen LogP contribution in [0.15, 0.2) is 48.5 Å². The Balaban J connectivity index is 1.38. The zero-order chi connectivity index (χ0) is 21.5. The van der Waals surface area contributed by atoms with Crippen molar-refractivity contribution in [3.8, 4) is 0 Å². The Bertz CT molecular complexity index is 847. The predicted molar refractivity (Wildman–Crippen MR) is 114 cm³/mol. The Hall–Kier alpha value is -2.77. The summed E-state index contributed by atoms with van der Waals surface area (Å²) in [4.78, 5) is 29.0. The van der Waals surface area contributed by atoms with Crippen LogP contribution in [-0.4, -0.2) is 63.0 Å². The number of piperazine rings is 1. The van der Waals surface area contributed by atoms with E-state index in [2.05, 4.69) is 5.32 Å². The van der Waals surface area contributed by atoms with Crippen molar-refractivity contribution >= 4 is 17.5 Å². The van der Waals surface area contributed by atoms with Gasteiger partial charge in [0.15, 0.2) is 13.1 Å². The summed E-state index contributed by atoms with van der Waals surface area (Å²) in [7, 11) is 1.97. The number of carbonyl (C=O) groups is 2. The van der Waals surface area contributed by atoms with E-state index in [0.717, 1.165) is 34.8 Å². The molecule has 0 aliphatic carbocycles. The third-order valence-corrected chi connectivity index (χ3v) is 5.44. The van der Waals surface area contributed by atoms with Crippen molar-refractivity contribution in [3.63, 3.8) is 0 Å². The van der Waals surface area contributed by atoms with E-state index in [1.807, 2.05) is 43.1 Å². The van der Waals surface area contributed by atoms with Crippen LogP contribution in [0.5, 0.6) is 0 Å². The molecule has 2 aromatic carbocycles. The number of anilines is 1. The minimum Gasteiger partial charge on any atom is -0.327 e. The van der Waals surface area contributed by atoms with Gasteiger partial charge in [-0.3, -0.25) is 9.59 Å². The normalized spacial score (nSPS) is 15.6. The molecule has 7 heteroatoms. The molecule has 0 bridgehead atoms. The first-order valence-electron chi connectivity index (χ1n) is 10.4. The molecule has 2 aromatic rings. The summed E-state index contributed by atoms with van der Waals surface area (Å²) in [5.74, 6) is -0.129. The lowest BCUT2D eigenvalue weighted by molar-refractivity contribution is -0.896. The number of hydrogen-bond acceptors (Lipinski definition) is 2. The van der Waals surface area contributed by atoms with Gasteiger partial charge in [0, 0.05) is 11.3 Å². The summed E-state index contributed by atoms with van der Waals surface area (Å²) in [5.41, 5.74) is 2.98. The van der Waals surface area contributed by atoms with Crippen LogP contribution >= 0.6 is 0 Å². The van der Waals surface area contributed by atoms with Gasteiger partial charge in [-0.2, -0.15) is 0 Å². The van der Waals surface area contributed by atoms with Crippen molar-refractivity contribution in [2.75, 3.05) is 51.6 Å². The lowest BCUT2D eigenvalue weighted by Gasteiger charge is -2.32. The van der Waals surface area contributed by atoms with Gasteiger partial charge in [-0.15, -0.1) is 0 Å². The highest BCUT2D eigenvalue weighted by molar-refractivity contribution is 5.91. The summed E-state index contributed by atoms with van der Waals surface area (Å²) >= 11 is 0. The standard InChI is InChI=1S/C23H29FN4O2/c1-18-3-9-21(10-4-18)25-22(29)16-27-11-13-28(14-12-27)23(30)17-26(2)15-19-5-7-20(24)8-6-19/h3-10H,11-17H2,1-2H3,(H,25,29)/p+2. The van der Waals surface area contributed by atoms with E-state index in [1.54, 1.807) is 12.1 Å². The maximum Gasteiger partial charge on any atom is 0.279 e. The summed E-state index contributed by atoms with van der Waals surface area (Å²) in [5, 5.41) is 2.94. The second-order valence-corrected chi connectivity index (χ2v) is 8.16. The number of rotatable bonds is 7. The number of quaternary nitrogens is 2. The van der Waals surface area contributed by atoms with Crippen LogP contribution in [0.2, 0.25) is 0 Å². The highest BCUT2D eigenvalue weighted by atomic mass is 19.1. The molecule has 1 fully saturated rings. The van der Waals surface area contributed by atoms with E-state index in [4.69, 9.17) is 0 Å². The van der Waals surface area contributed by atoms with Crippen molar-refractivity contribution in [3.05, 3.63) is 65.5 Å². The van der Waals surface area contributed by atoms with Gasteiger partial charge in [-0.1, -0.05) is 29.8 Å². The quantitative estimate of drug-likeness (QED) is 0.573. The zero-order valence-electron chi connectivity index (χ0n) is 17.7. The fourth-order valence-electron chi connectivity index (χ4n) is 3.70. The lowest BCUT2D eigenvalue weighted by atomic mass is 10.2. The molecule has 0 saturated carbocycles. The van der Waals surface area contributed by atoms with Crippen molar-refractivity contribution in [1.82, 2.24) is 4.90 Å². The average molecular weight is 415 g/mol. The van der Waals surface area contributed by atoms with Crippen molar-refractivity contribution < 1.29 is 23.8 Å². The van der Waals surface area contributed by atoms with Crippen molar-refractivity contribution in [2.45, 2.75) is 13.5 Å². The number of benzene rings is 2. The fraction of sp³-hybridized carbons (Fsp3) is 0.391. The largest absolute Gasteiger partial charge is 0.327 e. The van der Waals surface area contributed by atoms with E-state index in [-0.39, 0.29) is 17.6 Å². The van der Waals surface area contributed by atoms with Crippen LogP contribution in [0.25, 0.3) is 0 Å². The second kappa shape index (κ2) is 10.3. The minimum atomic E-state index is -0.250. The van der Waals surface area contributed by atoms with Crippen LogP contribution in [0.4, 0.5) is 10.1 Å². The summed E-state index contributed by atoms with van der Waals surface area (Å²) in [6, 6.07) is 14.2. The molecule has 1 aliphatic heterocycles.